The summed E-state index contributed by atoms with van der Waals surface area (Å²) >= 11 is 0. The molecule has 2 aromatic rings. The number of nitrogens with zero attached hydrogens (tertiary/aromatic N) is 1. The Morgan fingerprint density at radius 3 is 2.45 bits per heavy atom. The molecule has 0 fully saturated rings. The topological polar surface area (TPSA) is 12.5 Å². The third kappa shape index (κ3) is 3.77. The van der Waals surface area contributed by atoms with Crippen LogP contribution >= 0.6 is 0 Å². The van der Waals surface area contributed by atoms with Crippen molar-refractivity contribution in [2.24, 2.45) is 0 Å². The van der Waals surface area contributed by atoms with Gasteiger partial charge in [0.2, 0.25) is 0 Å². The number of ether oxygens (including phenoxy) is 1. The first-order chi connectivity index (χ1) is 9.70. The number of likely N-dealkylation sites (N-methyl/N-ethyl adjacent to an activating group) is 1. The fourth-order valence-electron chi connectivity index (χ4n) is 2.24. The average molecular weight is 269 g/mol. The Morgan fingerprint density at radius 2 is 1.75 bits per heavy atom. The molecule has 0 aromatic heterocycles. The van der Waals surface area contributed by atoms with Crippen LogP contribution in [0.1, 0.15) is 18.1 Å². The number of hydrogen-bond acceptors (Lipinski definition) is 2. The number of anilines is 1. The summed E-state index contributed by atoms with van der Waals surface area (Å²) in [5.74, 6) is 0.995. The Hall–Kier alpha value is -1.96. The van der Waals surface area contributed by atoms with Gasteiger partial charge in [0.1, 0.15) is 12.4 Å². The van der Waals surface area contributed by atoms with Crippen molar-refractivity contribution in [1.82, 2.24) is 0 Å². The van der Waals surface area contributed by atoms with Gasteiger partial charge < -0.3 is 9.64 Å². The Morgan fingerprint density at radius 1 is 1.00 bits per heavy atom. The highest BCUT2D eigenvalue weighted by molar-refractivity contribution is 5.45. The first kappa shape index (κ1) is 14.4. The van der Waals surface area contributed by atoms with Crippen LogP contribution in [0.2, 0.25) is 0 Å². The quantitative estimate of drug-likeness (QED) is 0.779. The molecule has 0 unspecified atom stereocenters. The minimum atomic E-state index is 0.701. The van der Waals surface area contributed by atoms with Crippen LogP contribution in [-0.2, 0) is 0 Å². The average Bonchev–Trinajstić information content (AvgIpc) is 2.48. The molecule has 0 aliphatic carbocycles. The molecule has 0 bridgehead atoms. The summed E-state index contributed by atoms with van der Waals surface area (Å²) in [5, 5.41) is 0. The lowest BCUT2D eigenvalue weighted by Gasteiger charge is -2.23. The van der Waals surface area contributed by atoms with E-state index in [0.29, 0.717) is 6.61 Å². The van der Waals surface area contributed by atoms with E-state index in [1.165, 1.54) is 16.8 Å². The van der Waals surface area contributed by atoms with Crippen molar-refractivity contribution in [3.63, 3.8) is 0 Å². The van der Waals surface area contributed by atoms with E-state index in [4.69, 9.17) is 4.74 Å². The summed E-state index contributed by atoms with van der Waals surface area (Å²) in [4.78, 5) is 2.32. The van der Waals surface area contributed by atoms with Crippen LogP contribution in [0, 0.1) is 13.8 Å². The summed E-state index contributed by atoms with van der Waals surface area (Å²) < 4.78 is 5.93. The summed E-state index contributed by atoms with van der Waals surface area (Å²) in [6, 6.07) is 16.8. The molecule has 0 aliphatic rings. The molecule has 2 heteroatoms. The zero-order valence-electron chi connectivity index (χ0n) is 12.6. The fraction of sp³-hybridized carbons (Fsp3) is 0.333. The maximum atomic E-state index is 5.93. The number of hydrogen-bond donors (Lipinski definition) is 0. The summed E-state index contributed by atoms with van der Waals surface area (Å²) in [7, 11) is 0. The van der Waals surface area contributed by atoms with E-state index in [9.17, 15) is 0 Å². The van der Waals surface area contributed by atoms with Crippen molar-refractivity contribution in [3.05, 3.63) is 59.7 Å². The standard InChI is InChI=1S/C18H23NO/c1-4-19(17-8-6-5-7-9-17)12-13-20-18-14-15(2)10-11-16(18)3/h5-11,14H,4,12-13H2,1-3H3. The van der Waals surface area contributed by atoms with Crippen molar-refractivity contribution < 1.29 is 4.74 Å². The third-order valence-electron chi connectivity index (χ3n) is 3.47. The second-order valence-electron chi connectivity index (χ2n) is 5.03. The molecule has 20 heavy (non-hydrogen) atoms. The maximum absolute atomic E-state index is 5.93. The summed E-state index contributed by atoms with van der Waals surface area (Å²) in [6.45, 7) is 8.93. The van der Waals surface area contributed by atoms with Gasteiger partial charge in [0, 0.05) is 12.2 Å². The first-order valence-electron chi connectivity index (χ1n) is 7.20. The molecule has 0 N–H and O–H groups in total. The molecule has 2 nitrogen and oxygen atoms in total. The third-order valence-corrected chi connectivity index (χ3v) is 3.47. The molecular weight excluding hydrogens is 246 g/mol. The van der Waals surface area contributed by atoms with Gasteiger partial charge in [-0.15, -0.1) is 0 Å². The van der Waals surface area contributed by atoms with E-state index in [2.05, 4.69) is 68.1 Å². The molecule has 2 aromatic carbocycles. The normalized spacial score (nSPS) is 10.3. The van der Waals surface area contributed by atoms with Gasteiger partial charge >= 0.3 is 0 Å². The van der Waals surface area contributed by atoms with Gasteiger partial charge in [0.15, 0.2) is 0 Å². The van der Waals surface area contributed by atoms with Crippen LogP contribution in [0.5, 0.6) is 5.75 Å². The first-order valence-corrected chi connectivity index (χ1v) is 7.20. The van der Waals surface area contributed by atoms with Crippen LogP contribution in [0.25, 0.3) is 0 Å². The van der Waals surface area contributed by atoms with Gasteiger partial charge in [-0.05, 0) is 50.1 Å². The molecule has 0 radical (unpaired) electrons. The minimum Gasteiger partial charge on any atom is -0.491 e. The second kappa shape index (κ2) is 6.99. The Labute approximate surface area is 122 Å². The molecule has 2 rings (SSSR count). The molecule has 0 saturated carbocycles. The van der Waals surface area contributed by atoms with Crippen molar-refractivity contribution in [2.45, 2.75) is 20.8 Å². The molecule has 0 heterocycles. The fourth-order valence-corrected chi connectivity index (χ4v) is 2.24. The van der Waals surface area contributed by atoms with Gasteiger partial charge in [-0.3, -0.25) is 0 Å². The van der Waals surface area contributed by atoms with Gasteiger partial charge in [-0.2, -0.15) is 0 Å². The van der Waals surface area contributed by atoms with Crippen molar-refractivity contribution >= 4 is 5.69 Å². The summed E-state index contributed by atoms with van der Waals surface area (Å²) in [5.41, 5.74) is 3.68. The molecule has 0 amide bonds. The van der Waals surface area contributed by atoms with Crippen LogP contribution in [0.15, 0.2) is 48.5 Å². The maximum Gasteiger partial charge on any atom is 0.122 e. The van der Waals surface area contributed by atoms with E-state index in [1.807, 2.05) is 6.07 Å². The molecule has 0 aliphatic heterocycles. The lowest BCUT2D eigenvalue weighted by Crippen LogP contribution is -2.28. The summed E-state index contributed by atoms with van der Waals surface area (Å²) in [6.07, 6.45) is 0. The molecule has 106 valence electrons. The van der Waals surface area contributed by atoms with E-state index in [1.54, 1.807) is 0 Å². The van der Waals surface area contributed by atoms with Gasteiger partial charge in [-0.1, -0.05) is 30.3 Å². The highest BCUT2D eigenvalue weighted by Crippen LogP contribution is 2.19. The van der Waals surface area contributed by atoms with Crippen molar-refractivity contribution in [2.75, 3.05) is 24.6 Å². The zero-order chi connectivity index (χ0) is 14.4. The van der Waals surface area contributed by atoms with Crippen molar-refractivity contribution in [3.8, 4) is 5.75 Å². The predicted molar refractivity (Wildman–Crippen MR) is 85.7 cm³/mol. The highest BCUT2D eigenvalue weighted by atomic mass is 16.5. The highest BCUT2D eigenvalue weighted by Gasteiger charge is 2.05. The van der Waals surface area contributed by atoms with Crippen LogP contribution in [0.3, 0.4) is 0 Å². The molecule has 0 spiro atoms. The van der Waals surface area contributed by atoms with Gasteiger partial charge in [-0.25, -0.2) is 0 Å². The molecule has 0 atom stereocenters. The van der Waals surface area contributed by atoms with Crippen molar-refractivity contribution in [1.29, 1.82) is 0 Å². The lowest BCUT2D eigenvalue weighted by molar-refractivity contribution is 0.322. The van der Waals surface area contributed by atoms with E-state index in [0.717, 1.165) is 18.8 Å². The smallest absolute Gasteiger partial charge is 0.122 e. The number of para-hydroxylation sites is 1. The lowest BCUT2D eigenvalue weighted by atomic mass is 10.1. The van der Waals surface area contributed by atoms with E-state index in [-0.39, 0.29) is 0 Å². The number of rotatable bonds is 6. The SMILES string of the molecule is CCN(CCOc1cc(C)ccc1C)c1ccccc1. The van der Waals surface area contributed by atoms with Gasteiger partial charge in [0.05, 0.1) is 6.54 Å². The second-order valence-corrected chi connectivity index (χ2v) is 5.03. The predicted octanol–water partition coefficient (Wildman–Crippen LogP) is 4.21. The molecule has 0 saturated heterocycles. The van der Waals surface area contributed by atoms with Gasteiger partial charge in [0.25, 0.3) is 0 Å². The van der Waals surface area contributed by atoms with Crippen LogP contribution < -0.4 is 9.64 Å². The Kier molecular flexibility index (Phi) is 5.05. The largest absolute Gasteiger partial charge is 0.491 e. The Bertz CT molecular complexity index is 536. The zero-order valence-corrected chi connectivity index (χ0v) is 12.6. The minimum absolute atomic E-state index is 0.701. The Balaban J connectivity index is 1.93. The number of benzene rings is 2. The molecular formula is C18H23NO. The van der Waals surface area contributed by atoms with Crippen LogP contribution in [0.4, 0.5) is 5.69 Å². The van der Waals surface area contributed by atoms with Crippen LogP contribution in [-0.4, -0.2) is 19.7 Å². The van der Waals surface area contributed by atoms with E-state index >= 15 is 0 Å². The number of aryl methyl sites for hydroxylation is 2. The van der Waals surface area contributed by atoms with E-state index < -0.39 is 0 Å². The monoisotopic (exact) mass is 269 g/mol.